The van der Waals surface area contributed by atoms with Crippen LogP contribution in [0.3, 0.4) is 0 Å². The molecule has 3 rings (SSSR count). The van der Waals surface area contributed by atoms with E-state index in [2.05, 4.69) is 6.07 Å². The molecule has 0 radical (unpaired) electrons. The van der Waals surface area contributed by atoms with Crippen molar-refractivity contribution in [1.29, 1.82) is 0 Å². The summed E-state index contributed by atoms with van der Waals surface area (Å²) in [4.78, 5) is 0. The lowest BCUT2D eigenvalue weighted by atomic mass is 9.98. The molecule has 2 unspecified atom stereocenters. The number of rotatable bonds is 4. The van der Waals surface area contributed by atoms with Gasteiger partial charge in [0.15, 0.2) is 0 Å². The molecule has 0 amide bonds. The number of para-hydroxylation sites is 2. The zero-order chi connectivity index (χ0) is 13.9. The van der Waals surface area contributed by atoms with E-state index >= 15 is 0 Å². The number of nitrogens with two attached hydrogens (primary N) is 1. The zero-order valence-electron chi connectivity index (χ0n) is 11.6. The summed E-state index contributed by atoms with van der Waals surface area (Å²) >= 11 is 0. The maximum atomic E-state index is 6.41. The van der Waals surface area contributed by atoms with Crippen LogP contribution in [-0.2, 0) is 6.42 Å². The highest BCUT2D eigenvalue weighted by molar-refractivity contribution is 5.41. The van der Waals surface area contributed by atoms with E-state index in [1.807, 2.05) is 49.4 Å². The first kappa shape index (κ1) is 13.0. The minimum atomic E-state index is -0.190. The smallest absolute Gasteiger partial charge is 0.124 e. The lowest BCUT2D eigenvalue weighted by Gasteiger charge is -2.21. The number of hydrogen-bond donors (Lipinski definition) is 1. The van der Waals surface area contributed by atoms with E-state index < -0.39 is 0 Å². The molecule has 2 N–H and O–H groups in total. The Labute approximate surface area is 119 Å². The summed E-state index contributed by atoms with van der Waals surface area (Å²) in [5, 5.41) is 0. The highest BCUT2D eigenvalue weighted by Crippen LogP contribution is 2.35. The lowest BCUT2D eigenvalue weighted by molar-refractivity contribution is 0.196. The predicted octanol–water partition coefficient (Wildman–Crippen LogP) is 3.09. The fourth-order valence-corrected chi connectivity index (χ4v) is 2.65. The molecule has 3 heteroatoms. The Morgan fingerprint density at radius 2 is 1.95 bits per heavy atom. The lowest BCUT2D eigenvalue weighted by Crippen LogP contribution is -2.30. The minimum Gasteiger partial charge on any atom is -0.494 e. The molecule has 0 saturated carbocycles. The Hall–Kier alpha value is -2.00. The SMILES string of the molecule is CCOc1ccccc1C(N)C1Cc2ccccc2O1. The molecule has 0 aliphatic carbocycles. The average Bonchev–Trinajstić information content (AvgIpc) is 2.91. The van der Waals surface area contributed by atoms with Crippen LogP contribution in [0, 0.1) is 0 Å². The summed E-state index contributed by atoms with van der Waals surface area (Å²) in [6, 6.07) is 15.8. The molecule has 3 nitrogen and oxygen atoms in total. The molecule has 20 heavy (non-hydrogen) atoms. The summed E-state index contributed by atoms with van der Waals surface area (Å²) < 4.78 is 11.6. The summed E-state index contributed by atoms with van der Waals surface area (Å²) in [7, 11) is 0. The van der Waals surface area contributed by atoms with Crippen LogP contribution in [0.4, 0.5) is 0 Å². The molecule has 2 aromatic carbocycles. The Morgan fingerprint density at radius 1 is 1.20 bits per heavy atom. The van der Waals surface area contributed by atoms with Crippen molar-refractivity contribution in [2.75, 3.05) is 6.61 Å². The van der Waals surface area contributed by atoms with E-state index in [9.17, 15) is 0 Å². The molecule has 0 fully saturated rings. The van der Waals surface area contributed by atoms with Gasteiger partial charge in [0.25, 0.3) is 0 Å². The van der Waals surface area contributed by atoms with Gasteiger partial charge in [-0.2, -0.15) is 0 Å². The zero-order valence-corrected chi connectivity index (χ0v) is 11.6. The summed E-state index contributed by atoms with van der Waals surface area (Å²) in [6.45, 7) is 2.61. The molecule has 2 atom stereocenters. The number of ether oxygens (including phenoxy) is 2. The van der Waals surface area contributed by atoms with Crippen LogP contribution in [0.1, 0.15) is 24.1 Å². The summed E-state index contributed by atoms with van der Waals surface area (Å²) in [6.07, 6.45) is 0.812. The number of benzene rings is 2. The van der Waals surface area contributed by atoms with Crippen LogP contribution < -0.4 is 15.2 Å². The Kier molecular flexibility index (Phi) is 3.61. The number of hydrogen-bond acceptors (Lipinski definition) is 3. The van der Waals surface area contributed by atoms with Gasteiger partial charge in [-0.25, -0.2) is 0 Å². The first-order valence-corrected chi connectivity index (χ1v) is 7.01. The second-order valence-corrected chi connectivity index (χ2v) is 4.96. The Morgan fingerprint density at radius 3 is 2.75 bits per heavy atom. The van der Waals surface area contributed by atoms with Gasteiger partial charge in [0.2, 0.25) is 0 Å². The highest BCUT2D eigenvalue weighted by Gasteiger charge is 2.30. The van der Waals surface area contributed by atoms with Crippen molar-refractivity contribution < 1.29 is 9.47 Å². The van der Waals surface area contributed by atoms with Crippen molar-refractivity contribution in [3.63, 3.8) is 0 Å². The van der Waals surface area contributed by atoms with Crippen molar-refractivity contribution >= 4 is 0 Å². The van der Waals surface area contributed by atoms with Crippen LogP contribution in [0.5, 0.6) is 11.5 Å². The predicted molar refractivity (Wildman–Crippen MR) is 79.1 cm³/mol. The van der Waals surface area contributed by atoms with Gasteiger partial charge >= 0.3 is 0 Å². The Balaban J connectivity index is 1.83. The van der Waals surface area contributed by atoms with Crippen LogP contribution in [-0.4, -0.2) is 12.7 Å². The third-order valence-electron chi connectivity index (χ3n) is 3.65. The third-order valence-corrected chi connectivity index (χ3v) is 3.65. The van der Waals surface area contributed by atoms with Crippen LogP contribution >= 0.6 is 0 Å². The highest BCUT2D eigenvalue weighted by atomic mass is 16.5. The molecule has 1 aliphatic rings. The standard InChI is InChI=1S/C17H19NO2/c1-2-19-15-10-6-4-8-13(15)17(18)16-11-12-7-3-5-9-14(12)20-16/h3-10,16-17H,2,11,18H2,1H3. The summed E-state index contributed by atoms with van der Waals surface area (Å²) in [5.41, 5.74) is 8.64. The van der Waals surface area contributed by atoms with Crippen molar-refractivity contribution in [2.45, 2.75) is 25.5 Å². The van der Waals surface area contributed by atoms with Gasteiger partial charge in [-0.15, -0.1) is 0 Å². The van der Waals surface area contributed by atoms with E-state index in [4.69, 9.17) is 15.2 Å². The first-order chi connectivity index (χ1) is 9.79. The van der Waals surface area contributed by atoms with Crippen molar-refractivity contribution in [3.05, 3.63) is 59.7 Å². The molecule has 0 saturated heterocycles. The average molecular weight is 269 g/mol. The normalized spacial score (nSPS) is 18.2. The second kappa shape index (κ2) is 5.55. The van der Waals surface area contributed by atoms with E-state index in [0.29, 0.717) is 6.61 Å². The molecular formula is C17H19NO2. The third kappa shape index (κ3) is 2.37. The van der Waals surface area contributed by atoms with Crippen LogP contribution in [0.15, 0.2) is 48.5 Å². The van der Waals surface area contributed by atoms with Gasteiger partial charge in [-0.1, -0.05) is 36.4 Å². The minimum absolute atomic E-state index is 0.0333. The van der Waals surface area contributed by atoms with E-state index in [-0.39, 0.29) is 12.1 Å². The maximum Gasteiger partial charge on any atom is 0.124 e. The van der Waals surface area contributed by atoms with E-state index in [1.54, 1.807) is 0 Å². The largest absolute Gasteiger partial charge is 0.494 e. The molecule has 0 bridgehead atoms. The van der Waals surface area contributed by atoms with E-state index in [1.165, 1.54) is 5.56 Å². The number of fused-ring (bicyclic) bond motifs is 1. The maximum absolute atomic E-state index is 6.41. The Bertz CT molecular complexity index is 572. The van der Waals surface area contributed by atoms with Gasteiger partial charge < -0.3 is 15.2 Å². The first-order valence-electron chi connectivity index (χ1n) is 7.01. The van der Waals surface area contributed by atoms with Gasteiger partial charge in [0, 0.05) is 12.0 Å². The van der Waals surface area contributed by atoms with Crippen LogP contribution in [0.2, 0.25) is 0 Å². The van der Waals surface area contributed by atoms with Gasteiger partial charge in [-0.05, 0) is 24.6 Å². The van der Waals surface area contributed by atoms with Gasteiger partial charge in [0.05, 0.1) is 12.6 Å². The van der Waals surface area contributed by atoms with Gasteiger partial charge in [0.1, 0.15) is 17.6 Å². The fraction of sp³-hybridized carbons (Fsp3) is 0.294. The monoisotopic (exact) mass is 269 g/mol. The van der Waals surface area contributed by atoms with Crippen molar-refractivity contribution in [3.8, 4) is 11.5 Å². The topological polar surface area (TPSA) is 44.5 Å². The molecule has 1 heterocycles. The summed E-state index contributed by atoms with van der Waals surface area (Å²) in [5.74, 6) is 1.80. The molecular weight excluding hydrogens is 250 g/mol. The van der Waals surface area contributed by atoms with E-state index in [0.717, 1.165) is 23.5 Å². The molecule has 104 valence electrons. The quantitative estimate of drug-likeness (QED) is 0.927. The second-order valence-electron chi connectivity index (χ2n) is 4.96. The molecule has 1 aliphatic heterocycles. The molecule has 0 spiro atoms. The van der Waals surface area contributed by atoms with Crippen LogP contribution in [0.25, 0.3) is 0 Å². The molecule has 2 aromatic rings. The molecule has 0 aromatic heterocycles. The fourth-order valence-electron chi connectivity index (χ4n) is 2.65. The van der Waals surface area contributed by atoms with Gasteiger partial charge in [-0.3, -0.25) is 0 Å². The van der Waals surface area contributed by atoms with Crippen molar-refractivity contribution in [2.24, 2.45) is 5.73 Å². The van der Waals surface area contributed by atoms with Crippen molar-refractivity contribution in [1.82, 2.24) is 0 Å².